The molecule has 174 valence electrons. The van der Waals surface area contributed by atoms with Crippen molar-refractivity contribution in [1.29, 1.82) is 0 Å². The van der Waals surface area contributed by atoms with E-state index >= 15 is 0 Å². The fourth-order valence-electron chi connectivity index (χ4n) is 5.23. The largest absolute Gasteiger partial charge is 0.379 e. The molecule has 3 aliphatic heterocycles. The first-order chi connectivity index (χ1) is 15.9. The van der Waals surface area contributed by atoms with Crippen molar-refractivity contribution in [3.8, 4) is 0 Å². The van der Waals surface area contributed by atoms with Crippen LogP contribution in [0.1, 0.15) is 45.7 Å². The van der Waals surface area contributed by atoms with Crippen LogP contribution in [-0.2, 0) is 9.53 Å². The van der Waals surface area contributed by atoms with Gasteiger partial charge in [0, 0.05) is 54.2 Å². The summed E-state index contributed by atoms with van der Waals surface area (Å²) in [6, 6.07) is 5.90. The first-order valence-corrected chi connectivity index (χ1v) is 11.9. The number of aromatic amines is 1. The average Bonchev–Trinajstić information content (AvgIpc) is 3.28. The van der Waals surface area contributed by atoms with E-state index in [1.165, 1.54) is 0 Å². The number of morpholine rings is 1. The minimum atomic E-state index is -0.169. The summed E-state index contributed by atoms with van der Waals surface area (Å²) in [4.78, 5) is 33.8. The van der Waals surface area contributed by atoms with Gasteiger partial charge in [0.25, 0.3) is 11.8 Å². The molecule has 2 fully saturated rings. The molecular weight excluding hydrogens is 440 g/mol. The van der Waals surface area contributed by atoms with Gasteiger partial charge in [0.2, 0.25) is 0 Å². The van der Waals surface area contributed by atoms with Crippen molar-refractivity contribution in [3.63, 3.8) is 0 Å². The van der Waals surface area contributed by atoms with Crippen molar-refractivity contribution < 1.29 is 14.3 Å². The van der Waals surface area contributed by atoms with E-state index in [0.717, 1.165) is 74.7 Å². The zero-order valence-corrected chi connectivity index (χ0v) is 19.8. The van der Waals surface area contributed by atoms with Crippen molar-refractivity contribution in [2.75, 3.05) is 44.7 Å². The van der Waals surface area contributed by atoms with E-state index in [-0.39, 0.29) is 11.8 Å². The van der Waals surface area contributed by atoms with Crippen LogP contribution >= 0.6 is 11.6 Å². The Hall–Kier alpha value is -2.61. The minimum Gasteiger partial charge on any atom is -0.379 e. The van der Waals surface area contributed by atoms with Gasteiger partial charge in [0.1, 0.15) is 0 Å². The highest BCUT2D eigenvalue weighted by Gasteiger charge is 2.31. The first kappa shape index (κ1) is 22.2. The average molecular weight is 469 g/mol. The Morgan fingerprint density at radius 2 is 1.88 bits per heavy atom. The molecule has 1 aromatic carbocycles. The highest BCUT2D eigenvalue weighted by Crippen LogP contribution is 2.35. The number of ether oxygens (including phenoxy) is 1. The molecule has 0 radical (unpaired) electrons. The number of nitrogens with one attached hydrogen (secondary N) is 2. The van der Waals surface area contributed by atoms with Crippen LogP contribution in [0, 0.1) is 13.8 Å². The Labute approximate surface area is 198 Å². The molecule has 2 aromatic rings. The number of carbonyl (C=O) groups excluding carboxylic acids is 2. The Bertz CT molecular complexity index is 1120. The van der Waals surface area contributed by atoms with Gasteiger partial charge in [0.05, 0.1) is 30.0 Å². The molecule has 5 rings (SSSR count). The summed E-state index contributed by atoms with van der Waals surface area (Å²) >= 11 is 6.06. The Morgan fingerprint density at radius 3 is 2.61 bits per heavy atom. The number of likely N-dealkylation sites (tertiary alicyclic amines) is 1. The lowest BCUT2D eigenvalue weighted by Crippen LogP contribution is -2.50. The second-order valence-electron chi connectivity index (χ2n) is 9.04. The van der Waals surface area contributed by atoms with Crippen molar-refractivity contribution in [3.05, 3.63) is 51.3 Å². The molecule has 4 heterocycles. The molecule has 3 aliphatic rings. The van der Waals surface area contributed by atoms with Crippen molar-refractivity contribution in [2.24, 2.45) is 0 Å². The zero-order valence-electron chi connectivity index (χ0n) is 19.0. The van der Waals surface area contributed by atoms with Crippen molar-refractivity contribution >= 4 is 40.8 Å². The molecular formula is C25H29ClN4O3. The molecule has 33 heavy (non-hydrogen) atoms. The van der Waals surface area contributed by atoms with Gasteiger partial charge in [-0.3, -0.25) is 14.5 Å². The summed E-state index contributed by atoms with van der Waals surface area (Å²) in [6.45, 7) is 8.95. The predicted octanol–water partition coefficient (Wildman–Crippen LogP) is 3.71. The molecule has 2 N–H and O–H groups in total. The molecule has 0 spiro atoms. The topological polar surface area (TPSA) is 77.7 Å². The number of aromatic nitrogens is 1. The summed E-state index contributed by atoms with van der Waals surface area (Å²) in [5, 5.41) is 3.44. The Morgan fingerprint density at radius 1 is 1.15 bits per heavy atom. The molecule has 2 amide bonds. The van der Waals surface area contributed by atoms with E-state index < -0.39 is 0 Å². The maximum absolute atomic E-state index is 13.4. The molecule has 1 aromatic heterocycles. The summed E-state index contributed by atoms with van der Waals surface area (Å²) < 4.78 is 5.47. The van der Waals surface area contributed by atoms with Gasteiger partial charge in [-0.1, -0.05) is 17.7 Å². The molecule has 2 saturated heterocycles. The fraction of sp³-hybridized carbons (Fsp3) is 0.440. The van der Waals surface area contributed by atoms with Crippen LogP contribution < -0.4 is 5.32 Å². The standard InChI is InChI=1S/C25H29ClN4O3/c1-15-21(14-20-19-4-3-17(26)13-22(19)28-24(20)31)27-16(2)23(15)25(32)30-7-5-18(6-8-30)29-9-11-33-12-10-29/h3-4,13-14,18,27H,5-12H2,1-2H3,(H,28,31). The van der Waals surface area contributed by atoms with Gasteiger partial charge in [-0.2, -0.15) is 0 Å². The van der Waals surface area contributed by atoms with Gasteiger partial charge in [-0.05, 0) is 50.5 Å². The quantitative estimate of drug-likeness (QED) is 0.673. The molecule has 0 aliphatic carbocycles. The number of piperidine rings is 1. The van der Waals surface area contributed by atoms with Gasteiger partial charge < -0.3 is 19.9 Å². The maximum Gasteiger partial charge on any atom is 0.256 e. The molecule has 7 nitrogen and oxygen atoms in total. The van der Waals surface area contributed by atoms with Gasteiger partial charge in [0.15, 0.2) is 0 Å². The third-order valence-corrected chi connectivity index (χ3v) is 7.29. The number of nitrogens with zero attached hydrogens (tertiary/aromatic N) is 2. The number of fused-ring (bicyclic) bond motifs is 1. The highest BCUT2D eigenvalue weighted by molar-refractivity contribution is 6.36. The lowest BCUT2D eigenvalue weighted by Gasteiger charge is -2.40. The maximum atomic E-state index is 13.4. The first-order valence-electron chi connectivity index (χ1n) is 11.6. The lowest BCUT2D eigenvalue weighted by atomic mass is 10.00. The number of rotatable bonds is 3. The third kappa shape index (κ3) is 4.21. The second-order valence-corrected chi connectivity index (χ2v) is 9.47. The minimum absolute atomic E-state index is 0.0642. The lowest BCUT2D eigenvalue weighted by molar-refractivity contribution is -0.110. The normalized spacial score (nSPS) is 20.9. The number of hydrogen-bond donors (Lipinski definition) is 2. The van der Waals surface area contributed by atoms with Gasteiger partial charge >= 0.3 is 0 Å². The van der Waals surface area contributed by atoms with Crippen LogP contribution in [0.2, 0.25) is 5.02 Å². The number of anilines is 1. The monoisotopic (exact) mass is 468 g/mol. The molecule has 0 bridgehead atoms. The molecule has 8 heteroatoms. The number of halogens is 1. The number of H-pyrrole nitrogens is 1. The highest BCUT2D eigenvalue weighted by atomic mass is 35.5. The number of benzene rings is 1. The number of amides is 2. The van der Waals surface area contributed by atoms with E-state index in [1.54, 1.807) is 12.1 Å². The van der Waals surface area contributed by atoms with E-state index in [9.17, 15) is 9.59 Å². The molecule has 0 saturated carbocycles. The van der Waals surface area contributed by atoms with Crippen LogP contribution in [0.4, 0.5) is 5.69 Å². The molecule has 0 unspecified atom stereocenters. The summed E-state index contributed by atoms with van der Waals surface area (Å²) in [7, 11) is 0. The summed E-state index contributed by atoms with van der Waals surface area (Å²) in [5.74, 6) is -0.105. The van der Waals surface area contributed by atoms with Gasteiger partial charge in [-0.15, -0.1) is 0 Å². The Kier molecular flexibility index (Phi) is 6.03. The summed E-state index contributed by atoms with van der Waals surface area (Å²) in [6.07, 6.45) is 3.81. The van der Waals surface area contributed by atoms with Crippen LogP contribution in [0.5, 0.6) is 0 Å². The fourth-order valence-corrected chi connectivity index (χ4v) is 5.40. The SMILES string of the molecule is Cc1[nH]c(C=C2C(=O)Nc3cc(Cl)ccc32)c(C)c1C(=O)N1CCC(N2CCOCC2)CC1. The van der Waals surface area contributed by atoms with E-state index in [4.69, 9.17) is 16.3 Å². The third-order valence-electron chi connectivity index (χ3n) is 7.06. The van der Waals surface area contributed by atoms with Gasteiger partial charge in [-0.25, -0.2) is 0 Å². The number of aryl methyl sites for hydroxylation is 1. The Balaban J connectivity index is 1.34. The van der Waals surface area contributed by atoms with Crippen LogP contribution in [0.3, 0.4) is 0 Å². The molecule has 0 atom stereocenters. The van der Waals surface area contributed by atoms with E-state index in [1.807, 2.05) is 30.9 Å². The van der Waals surface area contributed by atoms with Crippen molar-refractivity contribution in [1.82, 2.24) is 14.8 Å². The summed E-state index contributed by atoms with van der Waals surface area (Å²) in [5.41, 5.74) is 5.28. The number of hydrogen-bond acceptors (Lipinski definition) is 4. The van der Waals surface area contributed by atoms with Crippen molar-refractivity contribution in [2.45, 2.75) is 32.7 Å². The number of carbonyl (C=O) groups is 2. The predicted molar refractivity (Wildman–Crippen MR) is 130 cm³/mol. The van der Waals surface area contributed by atoms with E-state index in [2.05, 4.69) is 15.2 Å². The second kappa shape index (κ2) is 8.97. The van der Waals surface area contributed by atoms with Crippen LogP contribution in [0.25, 0.3) is 11.6 Å². The van der Waals surface area contributed by atoms with Crippen LogP contribution in [-0.4, -0.2) is 72.0 Å². The van der Waals surface area contributed by atoms with Crippen LogP contribution in [0.15, 0.2) is 18.2 Å². The van der Waals surface area contributed by atoms with E-state index in [0.29, 0.717) is 27.9 Å². The zero-order chi connectivity index (χ0) is 23.1. The smallest absolute Gasteiger partial charge is 0.256 e.